The molecule has 0 aliphatic rings. The number of carbonyl (C=O) groups excluding carboxylic acids is 2. The molecule has 0 heterocycles. The number of hydrogen-bond acceptors (Lipinski definition) is 4. The van der Waals surface area contributed by atoms with Crippen LogP contribution in [0, 0.1) is 0 Å². The Morgan fingerprint density at radius 3 is 2.47 bits per heavy atom. The van der Waals surface area contributed by atoms with Crippen molar-refractivity contribution in [3.63, 3.8) is 0 Å². The molecule has 6 nitrogen and oxygen atoms in total. The average Bonchev–Trinajstić information content (AvgIpc) is 2.28. The summed E-state index contributed by atoms with van der Waals surface area (Å²) in [4.78, 5) is 22.6. The standard InChI is InChI=1S/C11H23N3O3/c1-4-9(15)6-7-13-8(3)10(16)14-11(17)12-5-2/h8-9,13,15H,4-7H2,1-3H3,(H2,12,14,16,17). The van der Waals surface area contributed by atoms with Gasteiger partial charge in [-0.25, -0.2) is 4.79 Å². The Balaban J connectivity index is 3.78. The number of nitrogens with one attached hydrogen (secondary N) is 3. The van der Waals surface area contributed by atoms with Gasteiger partial charge in [0, 0.05) is 6.54 Å². The van der Waals surface area contributed by atoms with Gasteiger partial charge in [-0.3, -0.25) is 10.1 Å². The maximum atomic E-state index is 11.5. The monoisotopic (exact) mass is 245 g/mol. The molecule has 2 atom stereocenters. The molecule has 4 N–H and O–H groups in total. The molecule has 17 heavy (non-hydrogen) atoms. The van der Waals surface area contributed by atoms with Crippen LogP contribution >= 0.6 is 0 Å². The van der Waals surface area contributed by atoms with Crippen molar-refractivity contribution in [2.24, 2.45) is 0 Å². The highest BCUT2D eigenvalue weighted by atomic mass is 16.3. The summed E-state index contributed by atoms with van der Waals surface area (Å²) in [6.45, 7) is 6.36. The Kier molecular flexibility index (Phi) is 8.35. The Morgan fingerprint density at radius 2 is 1.94 bits per heavy atom. The van der Waals surface area contributed by atoms with E-state index in [1.165, 1.54) is 0 Å². The molecule has 0 saturated carbocycles. The first-order valence-corrected chi connectivity index (χ1v) is 6.01. The third-order valence-electron chi connectivity index (χ3n) is 2.37. The summed E-state index contributed by atoms with van der Waals surface area (Å²) in [5, 5.41) is 17.0. The summed E-state index contributed by atoms with van der Waals surface area (Å²) in [5.74, 6) is -0.373. The van der Waals surface area contributed by atoms with Crippen molar-refractivity contribution in [1.29, 1.82) is 0 Å². The van der Waals surface area contributed by atoms with Gasteiger partial charge in [0.15, 0.2) is 0 Å². The van der Waals surface area contributed by atoms with Gasteiger partial charge in [-0.15, -0.1) is 0 Å². The minimum Gasteiger partial charge on any atom is -0.393 e. The Labute approximate surface area is 102 Å². The third kappa shape index (κ3) is 7.70. The molecule has 0 aromatic rings. The van der Waals surface area contributed by atoms with Crippen molar-refractivity contribution in [1.82, 2.24) is 16.0 Å². The van der Waals surface area contributed by atoms with Gasteiger partial charge in [0.25, 0.3) is 0 Å². The summed E-state index contributed by atoms with van der Waals surface area (Å²) in [7, 11) is 0. The molecule has 0 rings (SSSR count). The van der Waals surface area contributed by atoms with Gasteiger partial charge >= 0.3 is 6.03 Å². The largest absolute Gasteiger partial charge is 0.393 e. The zero-order chi connectivity index (χ0) is 13.3. The van der Waals surface area contributed by atoms with Gasteiger partial charge in [0.2, 0.25) is 5.91 Å². The number of carbonyl (C=O) groups is 2. The van der Waals surface area contributed by atoms with Crippen LogP contribution in [0.5, 0.6) is 0 Å². The van der Waals surface area contributed by atoms with Crippen molar-refractivity contribution in [2.75, 3.05) is 13.1 Å². The smallest absolute Gasteiger partial charge is 0.321 e. The Bertz CT molecular complexity index is 246. The van der Waals surface area contributed by atoms with Crippen LogP contribution in [0.1, 0.15) is 33.6 Å². The van der Waals surface area contributed by atoms with Crippen LogP contribution in [-0.2, 0) is 4.79 Å². The number of rotatable bonds is 7. The minimum absolute atomic E-state index is 0.346. The van der Waals surface area contributed by atoms with Crippen LogP contribution < -0.4 is 16.0 Å². The van der Waals surface area contributed by atoms with E-state index in [4.69, 9.17) is 0 Å². The Hall–Kier alpha value is -1.14. The fourth-order valence-corrected chi connectivity index (χ4v) is 1.19. The topological polar surface area (TPSA) is 90.5 Å². The summed E-state index contributed by atoms with van der Waals surface area (Å²) < 4.78 is 0. The van der Waals surface area contributed by atoms with Crippen molar-refractivity contribution in [3.05, 3.63) is 0 Å². The van der Waals surface area contributed by atoms with Crippen molar-refractivity contribution in [3.8, 4) is 0 Å². The number of amides is 3. The maximum Gasteiger partial charge on any atom is 0.321 e. The lowest BCUT2D eigenvalue weighted by Gasteiger charge is -2.14. The van der Waals surface area contributed by atoms with Crippen molar-refractivity contribution >= 4 is 11.9 Å². The first-order valence-electron chi connectivity index (χ1n) is 6.01. The summed E-state index contributed by atoms with van der Waals surface area (Å²) in [5.41, 5.74) is 0. The van der Waals surface area contributed by atoms with Crippen LogP contribution in [-0.4, -0.2) is 42.3 Å². The average molecular weight is 245 g/mol. The first-order chi connectivity index (χ1) is 8.01. The molecule has 3 amide bonds. The van der Waals surface area contributed by atoms with Gasteiger partial charge in [-0.1, -0.05) is 6.92 Å². The van der Waals surface area contributed by atoms with Gasteiger partial charge < -0.3 is 15.7 Å². The molecule has 0 saturated heterocycles. The molecule has 2 unspecified atom stereocenters. The maximum absolute atomic E-state index is 11.5. The second-order valence-corrected chi connectivity index (χ2v) is 3.88. The van der Waals surface area contributed by atoms with E-state index in [2.05, 4.69) is 16.0 Å². The van der Waals surface area contributed by atoms with Gasteiger partial charge in [0.1, 0.15) is 0 Å². The summed E-state index contributed by atoms with van der Waals surface area (Å²) >= 11 is 0. The number of aliphatic hydroxyl groups excluding tert-OH is 1. The zero-order valence-electron chi connectivity index (χ0n) is 10.7. The van der Waals surface area contributed by atoms with E-state index < -0.39 is 12.1 Å². The van der Waals surface area contributed by atoms with E-state index >= 15 is 0 Å². The quantitative estimate of drug-likeness (QED) is 0.507. The molecule has 6 heteroatoms. The molecular weight excluding hydrogens is 222 g/mol. The normalized spacial score (nSPS) is 13.9. The highest BCUT2D eigenvalue weighted by molar-refractivity contribution is 5.96. The fourth-order valence-electron chi connectivity index (χ4n) is 1.19. The molecule has 0 fully saturated rings. The second kappa shape index (κ2) is 8.95. The molecule has 100 valence electrons. The van der Waals surface area contributed by atoms with Crippen LogP contribution in [0.3, 0.4) is 0 Å². The second-order valence-electron chi connectivity index (χ2n) is 3.88. The first kappa shape index (κ1) is 15.9. The minimum atomic E-state index is -0.486. The lowest BCUT2D eigenvalue weighted by molar-refractivity contribution is -0.121. The molecular formula is C11H23N3O3. The lowest BCUT2D eigenvalue weighted by Crippen LogP contribution is -2.48. The lowest BCUT2D eigenvalue weighted by atomic mass is 10.2. The van der Waals surface area contributed by atoms with Gasteiger partial charge in [-0.05, 0) is 33.2 Å². The van der Waals surface area contributed by atoms with Crippen LogP contribution in [0.15, 0.2) is 0 Å². The van der Waals surface area contributed by atoms with Crippen LogP contribution in [0.4, 0.5) is 4.79 Å². The van der Waals surface area contributed by atoms with E-state index in [1.54, 1.807) is 13.8 Å². The molecule has 0 bridgehead atoms. The van der Waals surface area contributed by atoms with Crippen LogP contribution in [0.25, 0.3) is 0 Å². The van der Waals surface area contributed by atoms with E-state index in [0.717, 1.165) is 0 Å². The highest BCUT2D eigenvalue weighted by Crippen LogP contribution is 1.95. The number of aliphatic hydroxyl groups is 1. The van der Waals surface area contributed by atoms with Gasteiger partial charge in [-0.2, -0.15) is 0 Å². The van der Waals surface area contributed by atoms with Crippen molar-refractivity contribution in [2.45, 2.75) is 45.8 Å². The number of imide groups is 1. The third-order valence-corrected chi connectivity index (χ3v) is 2.37. The molecule has 0 aliphatic heterocycles. The Morgan fingerprint density at radius 1 is 1.29 bits per heavy atom. The molecule has 0 aromatic heterocycles. The van der Waals surface area contributed by atoms with E-state index in [1.807, 2.05) is 6.92 Å². The summed E-state index contributed by atoms with van der Waals surface area (Å²) in [6.07, 6.45) is 0.942. The predicted octanol–water partition coefficient (Wildman–Crippen LogP) is -0.0288. The highest BCUT2D eigenvalue weighted by Gasteiger charge is 2.14. The summed E-state index contributed by atoms with van der Waals surface area (Å²) in [6, 6.07) is -0.943. The number of hydrogen-bond donors (Lipinski definition) is 4. The molecule has 0 spiro atoms. The number of urea groups is 1. The van der Waals surface area contributed by atoms with Gasteiger partial charge in [0.05, 0.1) is 12.1 Å². The molecule has 0 radical (unpaired) electrons. The predicted molar refractivity (Wildman–Crippen MR) is 65.6 cm³/mol. The van der Waals surface area contributed by atoms with E-state index in [-0.39, 0.29) is 12.0 Å². The fraction of sp³-hybridized carbons (Fsp3) is 0.818. The molecule has 0 aromatic carbocycles. The van der Waals surface area contributed by atoms with Crippen LogP contribution in [0.2, 0.25) is 0 Å². The van der Waals surface area contributed by atoms with E-state index in [0.29, 0.717) is 25.9 Å². The van der Waals surface area contributed by atoms with Crippen molar-refractivity contribution < 1.29 is 14.7 Å². The zero-order valence-corrected chi connectivity index (χ0v) is 10.7. The molecule has 0 aliphatic carbocycles. The van der Waals surface area contributed by atoms with E-state index in [9.17, 15) is 14.7 Å². The SMILES string of the molecule is CCNC(=O)NC(=O)C(C)NCCC(O)CC.